The van der Waals surface area contributed by atoms with E-state index in [1.165, 1.54) is 0 Å². The van der Waals surface area contributed by atoms with Gasteiger partial charge in [-0.15, -0.1) is 0 Å². The van der Waals surface area contributed by atoms with Gasteiger partial charge in [-0.1, -0.05) is 0 Å². The highest BCUT2D eigenvalue weighted by Gasteiger charge is 2.26. The maximum absolute atomic E-state index is 12.0. The first-order valence-corrected chi connectivity index (χ1v) is 5.63. The zero-order chi connectivity index (χ0) is 11.3. The van der Waals surface area contributed by atoms with Crippen LogP contribution in [0.15, 0.2) is 0 Å². The third-order valence-electron chi connectivity index (χ3n) is 3.06. The number of amides is 1. The van der Waals surface area contributed by atoms with E-state index in [-0.39, 0.29) is 17.9 Å². The Balaban J connectivity index is 2.43. The number of carbonyl (C=O) groups excluding carboxylic acids is 1. The SMILES string of the molecule is COCC(C)N(C)C(=O)[C@H]1CCCNC1. The molecule has 15 heavy (non-hydrogen) atoms. The Morgan fingerprint density at radius 1 is 1.67 bits per heavy atom. The molecular weight excluding hydrogens is 192 g/mol. The number of carbonyl (C=O) groups is 1. The first-order chi connectivity index (χ1) is 7.16. The predicted molar refractivity (Wildman–Crippen MR) is 59.7 cm³/mol. The molecular formula is C11H22N2O2. The molecule has 1 N–H and O–H groups in total. The van der Waals surface area contributed by atoms with Crippen molar-refractivity contribution in [3.05, 3.63) is 0 Å². The van der Waals surface area contributed by atoms with Crippen LogP contribution in [0.2, 0.25) is 0 Å². The molecule has 1 aliphatic heterocycles. The van der Waals surface area contributed by atoms with Gasteiger partial charge in [-0.25, -0.2) is 0 Å². The van der Waals surface area contributed by atoms with Crippen molar-refractivity contribution in [3.63, 3.8) is 0 Å². The van der Waals surface area contributed by atoms with Gasteiger partial charge in [-0.3, -0.25) is 4.79 Å². The van der Waals surface area contributed by atoms with Crippen molar-refractivity contribution in [2.75, 3.05) is 33.9 Å². The lowest BCUT2D eigenvalue weighted by atomic mass is 9.98. The smallest absolute Gasteiger partial charge is 0.227 e. The Kier molecular flexibility index (Phi) is 5.05. The van der Waals surface area contributed by atoms with Crippen LogP contribution >= 0.6 is 0 Å². The number of ether oxygens (including phenoxy) is 1. The van der Waals surface area contributed by atoms with E-state index in [9.17, 15) is 4.79 Å². The van der Waals surface area contributed by atoms with Crippen LogP contribution < -0.4 is 5.32 Å². The van der Waals surface area contributed by atoms with Gasteiger partial charge in [0.15, 0.2) is 0 Å². The number of nitrogens with one attached hydrogen (secondary N) is 1. The molecule has 2 atom stereocenters. The van der Waals surface area contributed by atoms with Gasteiger partial charge in [-0.05, 0) is 26.3 Å². The molecule has 0 aliphatic carbocycles. The molecule has 0 aromatic rings. The van der Waals surface area contributed by atoms with E-state index < -0.39 is 0 Å². The van der Waals surface area contributed by atoms with Crippen LogP contribution in [0.5, 0.6) is 0 Å². The van der Waals surface area contributed by atoms with Gasteiger partial charge >= 0.3 is 0 Å². The van der Waals surface area contributed by atoms with E-state index in [0.717, 1.165) is 25.9 Å². The summed E-state index contributed by atoms with van der Waals surface area (Å²) >= 11 is 0. The molecule has 1 rings (SSSR count). The molecule has 4 nitrogen and oxygen atoms in total. The van der Waals surface area contributed by atoms with Crippen molar-refractivity contribution < 1.29 is 9.53 Å². The Morgan fingerprint density at radius 3 is 2.93 bits per heavy atom. The summed E-state index contributed by atoms with van der Waals surface area (Å²) < 4.78 is 5.05. The lowest BCUT2D eigenvalue weighted by molar-refractivity contribution is -0.137. The highest BCUT2D eigenvalue weighted by Crippen LogP contribution is 2.14. The number of rotatable bonds is 4. The number of nitrogens with zero attached hydrogens (tertiary/aromatic N) is 1. The standard InChI is InChI=1S/C11H22N2O2/c1-9(8-15-3)13(2)11(14)10-5-4-6-12-7-10/h9-10,12H,4-8H2,1-3H3/t9?,10-/m0/s1. The molecule has 0 radical (unpaired) electrons. The van der Waals surface area contributed by atoms with Crippen molar-refractivity contribution in [1.82, 2.24) is 10.2 Å². The van der Waals surface area contributed by atoms with Crippen LogP contribution in [0.3, 0.4) is 0 Å². The maximum atomic E-state index is 12.0. The Bertz CT molecular complexity index is 203. The van der Waals surface area contributed by atoms with Crippen LogP contribution in [-0.4, -0.2) is 50.7 Å². The summed E-state index contributed by atoms with van der Waals surface area (Å²) in [7, 11) is 3.53. The van der Waals surface area contributed by atoms with Crippen molar-refractivity contribution in [2.24, 2.45) is 5.92 Å². The molecule has 0 bridgehead atoms. The summed E-state index contributed by atoms with van der Waals surface area (Å²) in [5.41, 5.74) is 0. The summed E-state index contributed by atoms with van der Waals surface area (Å²) in [6.07, 6.45) is 2.11. The predicted octanol–water partition coefficient (Wildman–Crippen LogP) is 0.479. The number of hydrogen-bond acceptors (Lipinski definition) is 3. The largest absolute Gasteiger partial charge is 0.383 e. The molecule has 1 fully saturated rings. The lowest BCUT2D eigenvalue weighted by Gasteiger charge is -2.30. The van der Waals surface area contributed by atoms with Gasteiger partial charge in [0.05, 0.1) is 18.6 Å². The van der Waals surface area contributed by atoms with E-state index >= 15 is 0 Å². The number of piperidine rings is 1. The topological polar surface area (TPSA) is 41.6 Å². The minimum Gasteiger partial charge on any atom is -0.383 e. The van der Waals surface area contributed by atoms with Crippen LogP contribution in [0.4, 0.5) is 0 Å². The molecule has 88 valence electrons. The molecule has 1 amide bonds. The Morgan fingerprint density at radius 2 is 2.40 bits per heavy atom. The first kappa shape index (κ1) is 12.5. The van der Waals surface area contributed by atoms with Crippen molar-refractivity contribution in [2.45, 2.75) is 25.8 Å². The monoisotopic (exact) mass is 214 g/mol. The summed E-state index contributed by atoms with van der Waals surface area (Å²) in [5.74, 6) is 0.398. The van der Waals surface area contributed by atoms with Crippen molar-refractivity contribution in [1.29, 1.82) is 0 Å². The fourth-order valence-electron chi connectivity index (χ4n) is 1.92. The van der Waals surface area contributed by atoms with E-state index in [1.807, 2.05) is 14.0 Å². The van der Waals surface area contributed by atoms with Crippen molar-refractivity contribution in [3.8, 4) is 0 Å². The average Bonchev–Trinajstić information content (AvgIpc) is 2.28. The molecule has 0 saturated carbocycles. The normalized spacial score (nSPS) is 23.5. The summed E-state index contributed by atoms with van der Waals surface area (Å²) in [6, 6.07) is 0.157. The van der Waals surface area contributed by atoms with Crippen molar-refractivity contribution >= 4 is 5.91 Å². The van der Waals surface area contributed by atoms with E-state index in [4.69, 9.17) is 4.74 Å². The molecule has 0 spiro atoms. The second-order valence-corrected chi connectivity index (χ2v) is 4.30. The van der Waals surface area contributed by atoms with Crippen LogP contribution in [-0.2, 0) is 9.53 Å². The third kappa shape index (κ3) is 3.47. The van der Waals surface area contributed by atoms with E-state index in [2.05, 4.69) is 5.32 Å². The minimum absolute atomic E-state index is 0.156. The lowest BCUT2D eigenvalue weighted by Crippen LogP contribution is -2.45. The zero-order valence-electron chi connectivity index (χ0n) is 9.95. The molecule has 0 aromatic heterocycles. The molecule has 1 aliphatic rings. The molecule has 1 heterocycles. The van der Waals surface area contributed by atoms with Gasteiger partial charge in [-0.2, -0.15) is 0 Å². The first-order valence-electron chi connectivity index (χ1n) is 5.63. The number of likely N-dealkylation sites (N-methyl/N-ethyl adjacent to an activating group) is 1. The second-order valence-electron chi connectivity index (χ2n) is 4.30. The van der Waals surface area contributed by atoms with Gasteiger partial charge in [0, 0.05) is 20.7 Å². The van der Waals surface area contributed by atoms with Crippen LogP contribution in [0, 0.1) is 5.92 Å². The Labute approximate surface area is 92.0 Å². The highest BCUT2D eigenvalue weighted by molar-refractivity contribution is 5.79. The maximum Gasteiger partial charge on any atom is 0.227 e. The number of methoxy groups -OCH3 is 1. The third-order valence-corrected chi connectivity index (χ3v) is 3.06. The number of hydrogen-bond donors (Lipinski definition) is 1. The summed E-state index contributed by atoms with van der Waals surface area (Å²) in [4.78, 5) is 13.9. The van der Waals surface area contributed by atoms with Gasteiger partial charge in [0.1, 0.15) is 0 Å². The van der Waals surface area contributed by atoms with Gasteiger partial charge < -0.3 is 15.0 Å². The zero-order valence-corrected chi connectivity index (χ0v) is 9.95. The fourth-order valence-corrected chi connectivity index (χ4v) is 1.92. The van der Waals surface area contributed by atoms with E-state index in [1.54, 1.807) is 12.0 Å². The quantitative estimate of drug-likeness (QED) is 0.740. The fraction of sp³-hybridized carbons (Fsp3) is 0.909. The molecule has 1 saturated heterocycles. The molecule has 1 unspecified atom stereocenters. The van der Waals surface area contributed by atoms with Crippen LogP contribution in [0.1, 0.15) is 19.8 Å². The highest BCUT2D eigenvalue weighted by atomic mass is 16.5. The summed E-state index contributed by atoms with van der Waals surface area (Å²) in [5, 5.41) is 3.26. The average molecular weight is 214 g/mol. The minimum atomic E-state index is 0.156. The van der Waals surface area contributed by atoms with Gasteiger partial charge in [0.25, 0.3) is 0 Å². The summed E-state index contributed by atoms with van der Waals surface area (Å²) in [6.45, 7) is 4.48. The Hall–Kier alpha value is -0.610. The molecule has 0 aromatic carbocycles. The second kappa shape index (κ2) is 6.08. The van der Waals surface area contributed by atoms with Gasteiger partial charge in [0.2, 0.25) is 5.91 Å². The van der Waals surface area contributed by atoms with E-state index in [0.29, 0.717) is 6.61 Å². The molecule has 4 heteroatoms. The van der Waals surface area contributed by atoms with Crippen LogP contribution in [0.25, 0.3) is 0 Å².